The van der Waals surface area contributed by atoms with Crippen LogP contribution in [0.1, 0.15) is 51.6 Å². The summed E-state index contributed by atoms with van der Waals surface area (Å²) in [6.07, 6.45) is 7.99. The number of allylic oxidation sites excluding steroid dienone is 4. The van der Waals surface area contributed by atoms with Crippen LogP contribution in [0.3, 0.4) is 0 Å². The summed E-state index contributed by atoms with van der Waals surface area (Å²) < 4.78 is 2.19. The quantitative estimate of drug-likeness (QED) is 0.314. The van der Waals surface area contributed by atoms with Gasteiger partial charge in [-0.1, -0.05) is 69.3 Å². The van der Waals surface area contributed by atoms with Gasteiger partial charge in [-0.15, -0.1) is 11.3 Å². The molecule has 2 aromatic carbocycles. The van der Waals surface area contributed by atoms with Crippen molar-refractivity contribution in [2.45, 2.75) is 46.0 Å². The molecule has 31 heavy (non-hydrogen) atoms. The maximum atomic E-state index is 5.05. The van der Waals surface area contributed by atoms with Crippen LogP contribution in [0.25, 0.3) is 37.5 Å². The fraction of sp³-hybridized carbons (Fsp3) is 0.250. The Kier molecular flexibility index (Phi) is 5.37. The van der Waals surface area contributed by atoms with Crippen LogP contribution in [0, 0.1) is 0 Å². The van der Waals surface area contributed by atoms with Crippen molar-refractivity contribution in [3.63, 3.8) is 0 Å². The summed E-state index contributed by atoms with van der Waals surface area (Å²) >= 11 is 1.85. The van der Waals surface area contributed by atoms with Crippen LogP contribution in [0.5, 0.6) is 0 Å². The predicted octanol–water partition coefficient (Wildman–Crippen LogP) is 8.53. The van der Waals surface area contributed by atoms with Gasteiger partial charge in [-0.25, -0.2) is 4.68 Å². The number of fused-ring (bicyclic) bond motifs is 1. The second-order valence-corrected chi connectivity index (χ2v) is 9.58. The van der Waals surface area contributed by atoms with Crippen molar-refractivity contribution < 1.29 is 0 Å². The monoisotopic (exact) mass is 424 g/mol. The average Bonchev–Trinajstić information content (AvgIpc) is 3.46. The van der Waals surface area contributed by atoms with E-state index in [9.17, 15) is 0 Å². The Balaban J connectivity index is 1.58. The van der Waals surface area contributed by atoms with Crippen LogP contribution in [0.15, 0.2) is 78.4 Å². The highest BCUT2D eigenvalue weighted by atomic mass is 32.1. The van der Waals surface area contributed by atoms with Crippen molar-refractivity contribution >= 4 is 27.8 Å². The van der Waals surface area contributed by atoms with Crippen LogP contribution in [-0.4, -0.2) is 9.78 Å². The molecule has 2 heterocycles. The Morgan fingerprint density at radius 2 is 1.68 bits per heavy atom. The van der Waals surface area contributed by atoms with Crippen LogP contribution >= 0.6 is 11.3 Å². The van der Waals surface area contributed by atoms with Gasteiger partial charge in [-0.2, -0.15) is 5.10 Å². The van der Waals surface area contributed by atoms with Crippen LogP contribution in [0.2, 0.25) is 0 Å². The minimum absolute atomic E-state index is 0.401. The molecule has 0 bridgehead atoms. The van der Waals surface area contributed by atoms with Crippen molar-refractivity contribution in [1.29, 1.82) is 0 Å². The van der Waals surface area contributed by atoms with E-state index < -0.39 is 0 Å². The van der Waals surface area contributed by atoms with Crippen molar-refractivity contribution in [3.8, 4) is 21.0 Å². The highest BCUT2D eigenvalue weighted by Crippen LogP contribution is 2.39. The zero-order chi connectivity index (χ0) is 21.4. The lowest BCUT2D eigenvalue weighted by molar-refractivity contribution is 0.770. The minimum Gasteiger partial charge on any atom is -0.232 e. The van der Waals surface area contributed by atoms with Crippen LogP contribution < -0.4 is 0 Å². The van der Waals surface area contributed by atoms with Gasteiger partial charge in [0, 0.05) is 4.88 Å². The van der Waals surface area contributed by atoms with E-state index in [0.29, 0.717) is 5.92 Å². The van der Waals surface area contributed by atoms with Crippen molar-refractivity contribution in [3.05, 3.63) is 84.1 Å². The van der Waals surface area contributed by atoms with Gasteiger partial charge in [0.15, 0.2) is 0 Å². The Morgan fingerprint density at radius 3 is 2.48 bits per heavy atom. The summed E-state index contributed by atoms with van der Waals surface area (Å²) in [5, 5.41) is 7.61. The molecule has 0 spiro atoms. The van der Waals surface area contributed by atoms with Gasteiger partial charge in [0.1, 0.15) is 0 Å². The second-order valence-electron chi connectivity index (χ2n) is 8.50. The lowest BCUT2D eigenvalue weighted by atomic mass is 10.0. The fourth-order valence-electron chi connectivity index (χ4n) is 4.28. The maximum Gasteiger partial charge on any atom is 0.0843 e. The molecule has 2 aromatic heterocycles. The first kappa shape index (κ1) is 20.0. The van der Waals surface area contributed by atoms with E-state index in [-0.39, 0.29) is 0 Å². The third-order valence-corrected chi connectivity index (χ3v) is 7.20. The van der Waals surface area contributed by atoms with Gasteiger partial charge in [0.05, 0.1) is 22.0 Å². The van der Waals surface area contributed by atoms with Crippen molar-refractivity contribution in [1.82, 2.24) is 9.78 Å². The smallest absolute Gasteiger partial charge is 0.0843 e. The summed E-state index contributed by atoms with van der Waals surface area (Å²) in [6.45, 7) is 6.68. The standard InChI is InChI=1S/C28H28N2S/c1-4-20-9-7-8-12-25(20)30-26(18-24(29-30)19(2)3)28-16-15-27(31-28)23-14-13-21-10-5-6-11-22(21)17-23/h5-6,9-19H,4,7-8H2,1-3H3. The average molecular weight is 425 g/mol. The number of aromatic nitrogens is 2. The number of thiophene rings is 1. The number of benzene rings is 2. The van der Waals surface area contributed by atoms with Gasteiger partial charge in [0.25, 0.3) is 0 Å². The first-order valence-corrected chi connectivity index (χ1v) is 12.0. The molecule has 4 aromatic rings. The molecular formula is C28H28N2S. The maximum absolute atomic E-state index is 5.05. The molecular weight excluding hydrogens is 396 g/mol. The van der Waals surface area contributed by atoms with Gasteiger partial charge in [0.2, 0.25) is 0 Å². The normalized spacial score (nSPS) is 14.2. The highest BCUT2D eigenvalue weighted by Gasteiger charge is 2.19. The largest absolute Gasteiger partial charge is 0.232 e. The number of hydrogen-bond donors (Lipinski definition) is 0. The van der Waals surface area contributed by atoms with E-state index in [1.165, 1.54) is 43.1 Å². The third-order valence-electron chi connectivity index (χ3n) is 6.05. The van der Waals surface area contributed by atoms with Crippen molar-refractivity contribution in [2.75, 3.05) is 0 Å². The number of hydrogen-bond acceptors (Lipinski definition) is 2. The molecule has 156 valence electrons. The molecule has 0 amide bonds. The minimum atomic E-state index is 0.401. The third kappa shape index (κ3) is 3.79. The Bertz CT molecular complexity index is 1300. The Hall–Kier alpha value is -2.91. The first-order chi connectivity index (χ1) is 15.1. The molecule has 3 heteroatoms. The van der Waals surface area contributed by atoms with Gasteiger partial charge in [-0.05, 0) is 71.4 Å². The van der Waals surface area contributed by atoms with Gasteiger partial charge >= 0.3 is 0 Å². The molecule has 0 unspecified atom stereocenters. The lowest BCUT2D eigenvalue weighted by Gasteiger charge is -2.17. The zero-order valence-corrected chi connectivity index (χ0v) is 19.2. The summed E-state index contributed by atoms with van der Waals surface area (Å²) in [7, 11) is 0. The Labute approximate surface area is 188 Å². The number of nitrogens with zero attached hydrogens (tertiary/aromatic N) is 2. The summed E-state index contributed by atoms with van der Waals surface area (Å²) in [5.41, 5.74) is 6.29. The molecule has 0 saturated carbocycles. The molecule has 1 aliphatic carbocycles. The molecule has 0 N–H and O–H groups in total. The van der Waals surface area contributed by atoms with E-state index >= 15 is 0 Å². The van der Waals surface area contributed by atoms with E-state index in [1.54, 1.807) is 0 Å². The number of rotatable bonds is 5. The van der Waals surface area contributed by atoms with Gasteiger partial charge in [-0.3, -0.25) is 0 Å². The summed E-state index contributed by atoms with van der Waals surface area (Å²) in [6, 6.07) is 22.1. The molecule has 0 saturated heterocycles. The molecule has 0 radical (unpaired) electrons. The van der Waals surface area contributed by atoms with Crippen molar-refractivity contribution in [2.24, 2.45) is 0 Å². The molecule has 0 fully saturated rings. The van der Waals surface area contributed by atoms with Crippen LogP contribution in [-0.2, 0) is 0 Å². The predicted molar refractivity (Wildman–Crippen MR) is 134 cm³/mol. The van der Waals surface area contributed by atoms with E-state index in [0.717, 1.165) is 25.0 Å². The lowest BCUT2D eigenvalue weighted by Crippen LogP contribution is -2.06. The first-order valence-electron chi connectivity index (χ1n) is 11.2. The van der Waals surface area contributed by atoms with E-state index in [2.05, 4.69) is 98.3 Å². The summed E-state index contributed by atoms with van der Waals surface area (Å²) in [5.74, 6) is 0.401. The second kappa shape index (κ2) is 8.32. The van der Waals surface area contributed by atoms with E-state index in [1.807, 2.05) is 11.3 Å². The fourth-order valence-corrected chi connectivity index (χ4v) is 5.28. The Morgan fingerprint density at radius 1 is 0.903 bits per heavy atom. The molecule has 1 aliphatic rings. The zero-order valence-electron chi connectivity index (χ0n) is 18.4. The molecule has 0 atom stereocenters. The topological polar surface area (TPSA) is 17.8 Å². The van der Waals surface area contributed by atoms with Gasteiger partial charge < -0.3 is 0 Å². The van der Waals surface area contributed by atoms with Crippen LogP contribution in [0.4, 0.5) is 0 Å². The molecule has 2 nitrogen and oxygen atoms in total. The SMILES string of the molecule is CCC1=CCCC=C1n1nc(C(C)C)cc1-c1ccc(-c2ccc3ccccc3c2)s1. The van der Waals surface area contributed by atoms with E-state index in [4.69, 9.17) is 5.10 Å². The highest BCUT2D eigenvalue weighted by molar-refractivity contribution is 7.18. The molecule has 5 rings (SSSR count). The summed E-state index contributed by atoms with van der Waals surface area (Å²) in [4.78, 5) is 2.56. The molecule has 0 aliphatic heterocycles.